The average molecular weight is 489 g/mol. The van der Waals surface area contributed by atoms with Crippen LogP contribution < -0.4 is 5.73 Å². The van der Waals surface area contributed by atoms with E-state index in [2.05, 4.69) is 15.0 Å². The van der Waals surface area contributed by atoms with Crippen LogP contribution in [0.4, 0.5) is 14.5 Å². The third kappa shape index (κ3) is 3.46. The van der Waals surface area contributed by atoms with Gasteiger partial charge in [-0.1, -0.05) is 17.3 Å². The number of halogens is 2. The molecule has 0 radical (unpaired) electrons. The van der Waals surface area contributed by atoms with Gasteiger partial charge in [-0.15, -0.1) is 0 Å². The Morgan fingerprint density at radius 2 is 1.92 bits per heavy atom. The predicted molar refractivity (Wildman–Crippen MR) is 126 cm³/mol. The first-order chi connectivity index (χ1) is 17.3. The molecule has 2 aromatic heterocycles. The van der Waals surface area contributed by atoms with Gasteiger partial charge >= 0.3 is 5.91 Å². The second-order valence-electron chi connectivity index (χ2n) is 9.40. The first-order valence-electron chi connectivity index (χ1n) is 11.7. The zero-order valence-electron chi connectivity index (χ0n) is 19.3. The standard InChI is InChI=1S/C26H21F2N5O3/c1-12-17-10-19(27)18(11-22(17)36-32-12)24-23(13-3-6-21(30-2)20(28)7-13)31-25(35-24)26(34)33-15-4-5-16(33)9-14(29)8-15/h3,6-7,10-11,14-16H,4-5,8-9,29H2,1H3. The molecule has 2 aliphatic heterocycles. The van der Waals surface area contributed by atoms with E-state index in [1.165, 1.54) is 24.3 Å². The van der Waals surface area contributed by atoms with Crippen molar-refractivity contribution in [2.24, 2.45) is 5.73 Å². The summed E-state index contributed by atoms with van der Waals surface area (Å²) in [5, 5.41) is 4.37. The van der Waals surface area contributed by atoms with Crippen LogP contribution in [0.2, 0.25) is 0 Å². The molecule has 0 aliphatic carbocycles. The van der Waals surface area contributed by atoms with E-state index in [-0.39, 0.29) is 52.3 Å². The van der Waals surface area contributed by atoms with E-state index in [1.54, 1.807) is 11.8 Å². The molecule has 182 valence electrons. The Morgan fingerprint density at radius 3 is 2.61 bits per heavy atom. The number of fused-ring (bicyclic) bond motifs is 3. The Hall–Kier alpha value is -4.10. The number of oxazole rings is 1. The van der Waals surface area contributed by atoms with Crippen LogP contribution in [0.25, 0.3) is 38.4 Å². The van der Waals surface area contributed by atoms with E-state index < -0.39 is 17.5 Å². The highest BCUT2D eigenvalue weighted by Crippen LogP contribution is 2.40. The Labute approximate surface area is 204 Å². The Morgan fingerprint density at radius 1 is 1.17 bits per heavy atom. The molecule has 2 aliphatic rings. The molecule has 2 atom stereocenters. The summed E-state index contributed by atoms with van der Waals surface area (Å²) in [6.45, 7) is 8.80. The third-order valence-electron chi connectivity index (χ3n) is 7.14. The maximum Gasteiger partial charge on any atom is 0.310 e. The van der Waals surface area contributed by atoms with Crippen LogP contribution in [-0.2, 0) is 0 Å². The van der Waals surface area contributed by atoms with E-state index in [0.717, 1.165) is 18.9 Å². The van der Waals surface area contributed by atoms with Gasteiger partial charge in [0, 0.05) is 29.1 Å². The molecule has 2 unspecified atom stereocenters. The number of piperidine rings is 1. The molecule has 6 rings (SSSR count). The van der Waals surface area contributed by atoms with E-state index >= 15 is 4.39 Å². The van der Waals surface area contributed by atoms with Crippen molar-refractivity contribution < 1.29 is 22.5 Å². The molecule has 2 saturated heterocycles. The number of hydrogen-bond acceptors (Lipinski definition) is 6. The van der Waals surface area contributed by atoms with E-state index in [9.17, 15) is 9.18 Å². The van der Waals surface area contributed by atoms with Crippen molar-refractivity contribution >= 4 is 22.6 Å². The van der Waals surface area contributed by atoms with Gasteiger partial charge in [-0.3, -0.25) is 4.79 Å². The summed E-state index contributed by atoms with van der Waals surface area (Å²) >= 11 is 0. The fraction of sp³-hybridized carbons (Fsp3) is 0.308. The summed E-state index contributed by atoms with van der Waals surface area (Å²) in [4.78, 5) is 22.9. The van der Waals surface area contributed by atoms with Crippen molar-refractivity contribution in [1.82, 2.24) is 15.0 Å². The molecule has 10 heteroatoms. The van der Waals surface area contributed by atoms with Crippen molar-refractivity contribution in [2.75, 3.05) is 0 Å². The molecular weight excluding hydrogens is 468 g/mol. The lowest BCUT2D eigenvalue weighted by Crippen LogP contribution is -2.50. The van der Waals surface area contributed by atoms with E-state index in [1.807, 2.05) is 0 Å². The van der Waals surface area contributed by atoms with Crippen molar-refractivity contribution in [3.8, 4) is 22.6 Å². The second kappa shape index (κ2) is 8.24. The SMILES string of the molecule is [C-]#[N+]c1ccc(-c2nc(C(=O)N3C4CCC3CC(N)C4)oc2-c2cc3onc(C)c3cc2F)cc1F. The number of aryl methyl sites for hydroxylation is 1. The number of nitrogens with two attached hydrogens (primary N) is 1. The summed E-state index contributed by atoms with van der Waals surface area (Å²) in [6.07, 6.45) is 3.10. The summed E-state index contributed by atoms with van der Waals surface area (Å²) < 4.78 is 41.1. The molecule has 2 aromatic carbocycles. The molecular formula is C26H21F2N5O3. The molecule has 1 amide bonds. The minimum atomic E-state index is -0.755. The smallest absolute Gasteiger partial charge is 0.310 e. The number of carbonyl (C=O) groups is 1. The number of carbonyl (C=O) groups excluding carboxylic acids is 1. The third-order valence-corrected chi connectivity index (χ3v) is 7.14. The van der Waals surface area contributed by atoms with Gasteiger partial charge in [0.2, 0.25) is 5.69 Å². The molecule has 0 saturated carbocycles. The van der Waals surface area contributed by atoms with E-state index in [0.29, 0.717) is 29.5 Å². The van der Waals surface area contributed by atoms with Crippen molar-refractivity contribution in [2.45, 2.75) is 50.7 Å². The topological polar surface area (TPSA) is 103 Å². The molecule has 2 fully saturated rings. The quantitative estimate of drug-likeness (QED) is 0.388. The van der Waals surface area contributed by atoms with Crippen LogP contribution in [0.1, 0.15) is 42.1 Å². The van der Waals surface area contributed by atoms with Crippen LogP contribution in [0.15, 0.2) is 39.3 Å². The molecule has 0 spiro atoms. The van der Waals surface area contributed by atoms with Crippen LogP contribution in [0, 0.1) is 25.1 Å². The summed E-state index contributed by atoms with van der Waals surface area (Å²) in [7, 11) is 0. The number of rotatable bonds is 3. The van der Waals surface area contributed by atoms with Crippen LogP contribution in [0.5, 0.6) is 0 Å². The zero-order chi connectivity index (χ0) is 25.1. The van der Waals surface area contributed by atoms with Gasteiger partial charge in [0.25, 0.3) is 5.89 Å². The van der Waals surface area contributed by atoms with Crippen molar-refractivity contribution in [3.05, 3.63) is 65.0 Å². The van der Waals surface area contributed by atoms with Crippen LogP contribution in [0.3, 0.4) is 0 Å². The summed E-state index contributed by atoms with van der Waals surface area (Å²) in [5.74, 6) is -2.04. The highest BCUT2D eigenvalue weighted by Gasteiger charge is 2.44. The van der Waals surface area contributed by atoms with Gasteiger partial charge in [0.05, 0.1) is 17.8 Å². The summed E-state index contributed by atoms with van der Waals surface area (Å²) in [5.41, 5.74) is 7.18. The van der Waals surface area contributed by atoms with Gasteiger partial charge in [0.15, 0.2) is 11.3 Å². The molecule has 36 heavy (non-hydrogen) atoms. The lowest BCUT2D eigenvalue weighted by atomic mass is 9.98. The monoisotopic (exact) mass is 489 g/mol. The van der Waals surface area contributed by atoms with Crippen LogP contribution >= 0.6 is 0 Å². The van der Waals surface area contributed by atoms with Crippen LogP contribution in [-0.4, -0.2) is 39.1 Å². The van der Waals surface area contributed by atoms with Gasteiger partial charge in [0.1, 0.15) is 17.3 Å². The van der Waals surface area contributed by atoms with E-state index in [4.69, 9.17) is 21.2 Å². The number of hydrogen-bond donors (Lipinski definition) is 1. The Bertz CT molecular complexity index is 1560. The zero-order valence-corrected chi connectivity index (χ0v) is 19.3. The fourth-order valence-corrected chi connectivity index (χ4v) is 5.45. The number of benzene rings is 2. The molecule has 4 heterocycles. The highest BCUT2D eigenvalue weighted by atomic mass is 19.1. The van der Waals surface area contributed by atoms with Gasteiger partial charge in [-0.25, -0.2) is 18.6 Å². The van der Waals surface area contributed by atoms with Gasteiger partial charge in [-0.05, 0) is 50.8 Å². The number of nitrogens with zero attached hydrogens (tertiary/aromatic N) is 4. The average Bonchev–Trinajstić information content (AvgIpc) is 3.53. The Kier molecular flexibility index (Phi) is 5.12. The first kappa shape index (κ1) is 22.4. The number of amides is 1. The largest absolute Gasteiger partial charge is 0.432 e. The molecule has 2 bridgehead atoms. The second-order valence-corrected chi connectivity index (χ2v) is 9.40. The van der Waals surface area contributed by atoms with Gasteiger partial charge in [-0.2, -0.15) is 0 Å². The molecule has 8 nitrogen and oxygen atoms in total. The van der Waals surface area contributed by atoms with Gasteiger partial charge < -0.3 is 19.6 Å². The minimum Gasteiger partial charge on any atom is -0.432 e. The van der Waals surface area contributed by atoms with Crippen molar-refractivity contribution in [1.29, 1.82) is 0 Å². The fourth-order valence-electron chi connectivity index (χ4n) is 5.45. The predicted octanol–water partition coefficient (Wildman–Crippen LogP) is 5.38. The first-order valence-corrected chi connectivity index (χ1v) is 11.7. The number of aromatic nitrogens is 2. The lowest BCUT2D eigenvalue weighted by Gasteiger charge is -2.36. The normalized spacial score (nSPS) is 21.2. The van der Waals surface area contributed by atoms with Crippen molar-refractivity contribution in [3.63, 3.8) is 0 Å². The summed E-state index contributed by atoms with van der Waals surface area (Å²) in [6, 6.07) is 6.65. The highest BCUT2D eigenvalue weighted by molar-refractivity contribution is 5.94. The molecule has 4 aromatic rings. The minimum absolute atomic E-state index is 0.00139. The molecule has 2 N–H and O–H groups in total. The lowest BCUT2D eigenvalue weighted by molar-refractivity contribution is 0.0535. The maximum atomic E-state index is 15.3. The maximum absolute atomic E-state index is 15.3. The Balaban J connectivity index is 1.50.